The van der Waals surface area contributed by atoms with Crippen LogP contribution in [0.5, 0.6) is 0 Å². The Kier molecular flexibility index (Phi) is 5.52. The molecule has 0 unspecified atom stereocenters. The van der Waals surface area contributed by atoms with Crippen molar-refractivity contribution >= 4 is 27.7 Å². The predicted octanol–water partition coefficient (Wildman–Crippen LogP) is 4.35. The monoisotopic (exact) mass is 331 g/mol. The van der Waals surface area contributed by atoms with E-state index in [1.54, 1.807) is 0 Å². The Hall–Kier alpha value is -0.0600. The van der Waals surface area contributed by atoms with Crippen LogP contribution in [0.15, 0.2) is 22.7 Å². The molecule has 1 fully saturated rings. The topological polar surface area (TPSA) is 12.0 Å². The molecule has 0 aromatic heterocycles. The smallest absolute Gasteiger partial charge is 0.124 e. The highest BCUT2D eigenvalue weighted by atomic mass is 79.9. The van der Waals surface area contributed by atoms with Gasteiger partial charge >= 0.3 is 0 Å². The lowest BCUT2D eigenvalue weighted by molar-refractivity contribution is 0.378. The van der Waals surface area contributed by atoms with Gasteiger partial charge in [-0.25, -0.2) is 4.39 Å². The molecule has 100 valence electrons. The molecule has 1 aromatic rings. The second kappa shape index (κ2) is 6.92. The Morgan fingerprint density at radius 2 is 2.06 bits per heavy atom. The van der Waals surface area contributed by atoms with Crippen LogP contribution in [0.2, 0.25) is 0 Å². The van der Waals surface area contributed by atoms with Crippen LogP contribution < -0.4 is 5.32 Å². The molecule has 0 saturated heterocycles. The fourth-order valence-corrected chi connectivity index (χ4v) is 3.66. The van der Waals surface area contributed by atoms with Gasteiger partial charge in [0.05, 0.1) is 0 Å². The molecular weight excluding hydrogens is 313 g/mol. The van der Waals surface area contributed by atoms with Crippen LogP contribution in [0.1, 0.15) is 31.2 Å². The Labute approximate surface area is 121 Å². The first-order chi connectivity index (χ1) is 8.69. The maximum absolute atomic E-state index is 13.0. The van der Waals surface area contributed by atoms with E-state index in [-0.39, 0.29) is 5.82 Å². The lowest BCUT2D eigenvalue weighted by Crippen LogP contribution is -2.33. The van der Waals surface area contributed by atoms with E-state index in [4.69, 9.17) is 0 Å². The SMILES string of the molecule is CSC1CCC(NCc2ccc(F)cc2Br)CC1. The molecule has 18 heavy (non-hydrogen) atoms. The average molecular weight is 332 g/mol. The van der Waals surface area contributed by atoms with Crippen molar-refractivity contribution in [1.29, 1.82) is 0 Å². The molecule has 0 amide bonds. The Morgan fingerprint density at radius 3 is 2.67 bits per heavy atom. The van der Waals surface area contributed by atoms with Crippen molar-refractivity contribution in [3.8, 4) is 0 Å². The van der Waals surface area contributed by atoms with E-state index >= 15 is 0 Å². The van der Waals surface area contributed by atoms with Gasteiger partial charge in [0.2, 0.25) is 0 Å². The van der Waals surface area contributed by atoms with Crippen molar-refractivity contribution in [3.05, 3.63) is 34.1 Å². The van der Waals surface area contributed by atoms with Gasteiger partial charge in [0.1, 0.15) is 5.82 Å². The zero-order valence-corrected chi connectivity index (χ0v) is 13.0. The van der Waals surface area contributed by atoms with Crippen molar-refractivity contribution < 1.29 is 4.39 Å². The molecule has 1 aliphatic rings. The lowest BCUT2D eigenvalue weighted by atomic mass is 9.95. The number of rotatable bonds is 4. The van der Waals surface area contributed by atoms with Gasteiger partial charge in [0, 0.05) is 22.3 Å². The van der Waals surface area contributed by atoms with Crippen LogP contribution in [-0.4, -0.2) is 17.5 Å². The molecule has 2 rings (SSSR count). The first kappa shape index (κ1) is 14.4. The standard InChI is InChI=1S/C14H19BrFNS/c1-18-13-6-4-12(5-7-13)17-9-10-2-3-11(16)8-14(10)15/h2-3,8,12-13,17H,4-7,9H2,1H3. The van der Waals surface area contributed by atoms with Gasteiger partial charge in [0.15, 0.2) is 0 Å². The maximum Gasteiger partial charge on any atom is 0.124 e. The zero-order valence-electron chi connectivity index (χ0n) is 10.6. The summed E-state index contributed by atoms with van der Waals surface area (Å²) in [6, 6.07) is 5.51. The van der Waals surface area contributed by atoms with Crippen LogP contribution in [0.25, 0.3) is 0 Å². The average Bonchev–Trinajstić information content (AvgIpc) is 2.38. The Balaban J connectivity index is 1.81. The van der Waals surface area contributed by atoms with Crippen LogP contribution in [0.3, 0.4) is 0 Å². The van der Waals surface area contributed by atoms with Crippen LogP contribution in [-0.2, 0) is 6.54 Å². The van der Waals surface area contributed by atoms with E-state index in [0.717, 1.165) is 21.8 Å². The van der Waals surface area contributed by atoms with Crippen molar-refractivity contribution in [1.82, 2.24) is 5.32 Å². The molecule has 1 N–H and O–H groups in total. The molecule has 1 aromatic carbocycles. The van der Waals surface area contributed by atoms with Crippen molar-refractivity contribution in [2.24, 2.45) is 0 Å². The second-order valence-electron chi connectivity index (χ2n) is 4.83. The molecule has 0 radical (unpaired) electrons. The normalized spacial score (nSPS) is 24.2. The molecule has 0 spiro atoms. The van der Waals surface area contributed by atoms with Gasteiger partial charge in [-0.1, -0.05) is 22.0 Å². The minimum atomic E-state index is -0.189. The van der Waals surface area contributed by atoms with Gasteiger partial charge in [-0.05, 0) is 49.6 Å². The van der Waals surface area contributed by atoms with Gasteiger partial charge in [0.25, 0.3) is 0 Å². The first-order valence-electron chi connectivity index (χ1n) is 6.39. The highest BCUT2D eigenvalue weighted by molar-refractivity contribution is 9.10. The molecule has 0 atom stereocenters. The molecule has 1 saturated carbocycles. The van der Waals surface area contributed by atoms with E-state index < -0.39 is 0 Å². The maximum atomic E-state index is 13.0. The third-order valence-corrected chi connectivity index (χ3v) is 5.48. The highest BCUT2D eigenvalue weighted by Gasteiger charge is 2.19. The summed E-state index contributed by atoms with van der Waals surface area (Å²) in [4.78, 5) is 0. The van der Waals surface area contributed by atoms with E-state index in [1.165, 1.54) is 37.8 Å². The number of benzene rings is 1. The summed E-state index contributed by atoms with van der Waals surface area (Å²) in [5.41, 5.74) is 1.13. The largest absolute Gasteiger partial charge is 0.310 e. The third kappa shape index (κ3) is 3.97. The van der Waals surface area contributed by atoms with Crippen LogP contribution in [0.4, 0.5) is 4.39 Å². The van der Waals surface area contributed by atoms with E-state index in [0.29, 0.717) is 6.04 Å². The quantitative estimate of drug-likeness (QED) is 0.880. The third-order valence-electron chi connectivity index (χ3n) is 3.60. The number of thioether (sulfide) groups is 1. The summed E-state index contributed by atoms with van der Waals surface area (Å²) in [6.45, 7) is 0.815. The Morgan fingerprint density at radius 1 is 1.33 bits per heavy atom. The minimum absolute atomic E-state index is 0.189. The van der Waals surface area contributed by atoms with Gasteiger partial charge < -0.3 is 5.32 Å². The molecule has 0 bridgehead atoms. The van der Waals surface area contributed by atoms with Crippen LogP contribution >= 0.6 is 27.7 Å². The van der Waals surface area contributed by atoms with Gasteiger partial charge in [-0.2, -0.15) is 11.8 Å². The van der Waals surface area contributed by atoms with Crippen LogP contribution in [0, 0.1) is 5.82 Å². The summed E-state index contributed by atoms with van der Waals surface area (Å²) >= 11 is 5.40. The number of nitrogens with one attached hydrogen (secondary N) is 1. The van der Waals surface area contributed by atoms with E-state index in [1.807, 2.05) is 17.8 Å². The summed E-state index contributed by atoms with van der Waals surface area (Å²) in [5, 5.41) is 4.43. The molecule has 4 heteroatoms. The molecule has 1 aliphatic carbocycles. The van der Waals surface area contributed by atoms with Gasteiger partial charge in [-0.15, -0.1) is 0 Å². The van der Waals surface area contributed by atoms with E-state index in [2.05, 4.69) is 27.5 Å². The molecule has 0 heterocycles. The Bertz CT molecular complexity index is 391. The van der Waals surface area contributed by atoms with Crippen molar-refractivity contribution in [2.45, 2.75) is 43.5 Å². The summed E-state index contributed by atoms with van der Waals surface area (Å²) in [5.74, 6) is -0.189. The first-order valence-corrected chi connectivity index (χ1v) is 8.47. The number of hydrogen-bond donors (Lipinski definition) is 1. The summed E-state index contributed by atoms with van der Waals surface area (Å²) in [7, 11) is 0. The highest BCUT2D eigenvalue weighted by Crippen LogP contribution is 2.27. The minimum Gasteiger partial charge on any atom is -0.310 e. The molecule has 0 aliphatic heterocycles. The summed E-state index contributed by atoms with van der Waals surface area (Å²) in [6.07, 6.45) is 7.33. The van der Waals surface area contributed by atoms with E-state index in [9.17, 15) is 4.39 Å². The molecular formula is C14H19BrFNS. The number of hydrogen-bond acceptors (Lipinski definition) is 2. The van der Waals surface area contributed by atoms with Crippen molar-refractivity contribution in [3.63, 3.8) is 0 Å². The fraction of sp³-hybridized carbons (Fsp3) is 0.571. The summed E-state index contributed by atoms with van der Waals surface area (Å²) < 4.78 is 13.8. The molecule has 1 nitrogen and oxygen atoms in total. The second-order valence-corrected chi connectivity index (χ2v) is 6.82. The van der Waals surface area contributed by atoms with Crippen molar-refractivity contribution in [2.75, 3.05) is 6.26 Å². The zero-order chi connectivity index (χ0) is 13.0. The predicted molar refractivity (Wildman–Crippen MR) is 80.5 cm³/mol. The lowest BCUT2D eigenvalue weighted by Gasteiger charge is -2.28. The fourth-order valence-electron chi connectivity index (χ4n) is 2.42. The number of halogens is 2. The van der Waals surface area contributed by atoms with Gasteiger partial charge in [-0.3, -0.25) is 0 Å².